The number of amides is 10. The molecule has 0 radical (unpaired) electrons. The van der Waals surface area contributed by atoms with E-state index in [0.717, 1.165) is 19.6 Å². The summed E-state index contributed by atoms with van der Waals surface area (Å²) in [5.74, 6) is -13.8. The summed E-state index contributed by atoms with van der Waals surface area (Å²) < 4.78 is 18.1. The number of rotatable bonds is 8. The van der Waals surface area contributed by atoms with Crippen molar-refractivity contribution in [2.45, 2.75) is 168 Å². The van der Waals surface area contributed by atoms with Crippen LogP contribution in [0.25, 0.3) is 22.6 Å². The Morgan fingerprint density at radius 3 is 1.91 bits per heavy atom. The number of halogens is 1. The summed E-state index contributed by atoms with van der Waals surface area (Å²) in [4.78, 5) is 199. The number of likely N-dealkylation sites (N-methyl/N-ethyl adjacent to an activating group) is 4. The third-order valence-electron chi connectivity index (χ3n) is 17.6. The molecule has 30 heteroatoms. The Morgan fingerprint density at radius 1 is 0.747 bits per heavy atom. The first-order chi connectivity index (χ1) is 42.6. The zero-order valence-corrected chi connectivity index (χ0v) is 54.6. The van der Waals surface area contributed by atoms with Crippen molar-refractivity contribution >= 4 is 99.4 Å². The van der Waals surface area contributed by atoms with Gasteiger partial charge in [-0.25, -0.2) is 14.6 Å². The summed E-state index contributed by atoms with van der Waals surface area (Å²) in [5.41, 5.74) is 3.17. The Hall–Kier alpha value is -8.47. The highest BCUT2D eigenvalue weighted by Crippen LogP contribution is 2.36. The summed E-state index contributed by atoms with van der Waals surface area (Å²) in [5, 5.41) is 21.7. The highest BCUT2D eigenvalue weighted by Gasteiger charge is 2.50. The van der Waals surface area contributed by atoms with Crippen LogP contribution in [0.4, 0.5) is 5.69 Å². The van der Waals surface area contributed by atoms with Gasteiger partial charge in [-0.15, -0.1) is 11.6 Å². The summed E-state index contributed by atoms with van der Waals surface area (Å²) in [6, 6.07) is -9.76. The van der Waals surface area contributed by atoms with Crippen LogP contribution in [0.15, 0.2) is 21.3 Å². The number of fused-ring (bicyclic) bond motifs is 4. The predicted molar refractivity (Wildman–Crippen MR) is 327 cm³/mol. The number of aliphatic hydroxyl groups excluding tert-OH is 1. The van der Waals surface area contributed by atoms with Crippen LogP contribution in [0.1, 0.15) is 113 Å². The fourth-order valence-electron chi connectivity index (χ4n) is 12.0. The Balaban J connectivity index is 1.33. The Morgan fingerprint density at radius 2 is 1.32 bits per heavy atom. The van der Waals surface area contributed by atoms with Crippen molar-refractivity contribution in [3.8, 4) is 11.5 Å². The van der Waals surface area contributed by atoms with Gasteiger partial charge in [-0.05, 0) is 83.3 Å². The number of aliphatic hydroxyl groups is 1. The van der Waals surface area contributed by atoms with Crippen LogP contribution in [-0.4, -0.2) is 237 Å². The van der Waals surface area contributed by atoms with E-state index in [2.05, 4.69) is 21.3 Å². The molecule has 4 saturated heterocycles. The number of esters is 2. The van der Waals surface area contributed by atoms with Crippen molar-refractivity contribution in [3.05, 3.63) is 44.6 Å². The molecule has 91 heavy (non-hydrogen) atoms. The maximum absolute atomic E-state index is 15.2. The van der Waals surface area contributed by atoms with Gasteiger partial charge in [-0.2, -0.15) is 0 Å². The lowest BCUT2D eigenvalue weighted by molar-refractivity contribution is -0.163. The third kappa shape index (κ3) is 13.9. The van der Waals surface area contributed by atoms with Crippen LogP contribution in [0.5, 0.6) is 0 Å². The number of alkyl halides is 1. The Kier molecular flexibility index (Phi) is 21.5. The van der Waals surface area contributed by atoms with Crippen LogP contribution in [0.3, 0.4) is 0 Å². The zero-order valence-electron chi connectivity index (χ0n) is 53.8. The average Bonchev–Trinajstić information content (AvgIpc) is 1.36. The zero-order chi connectivity index (χ0) is 67.8. The van der Waals surface area contributed by atoms with Gasteiger partial charge < -0.3 is 75.4 Å². The van der Waals surface area contributed by atoms with E-state index in [0.29, 0.717) is 12.0 Å². The van der Waals surface area contributed by atoms with Gasteiger partial charge in [0.2, 0.25) is 52.7 Å². The summed E-state index contributed by atoms with van der Waals surface area (Å²) in [6.45, 7) is 16.0. The second-order valence-electron chi connectivity index (χ2n) is 25.2. The summed E-state index contributed by atoms with van der Waals surface area (Å²) in [6.07, 6.45) is -4.06. The smallest absolute Gasteiger partial charge is 0.329 e. The van der Waals surface area contributed by atoms with E-state index in [1.54, 1.807) is 55.4 Å². The minimum absolute atomic E-state index is 0.0241. The molecule has 7 rings (SSSR count). The van der Waals surface area contributed by atoms with Gasteiger partial charge >= 0.3 is 11.9 Å². The van der Waals surface area contributed by atoms with Crippen LogP contribution >= 0.6 is 11.6 Å². The number of cyclic esters (lactones) is 2. The number of anilines is 1. The van der Waals surface area contributed by atoms with E-state index >= 15 is 9.59 Å². The number of aryl methyl sites for hydroxylation is 1. The fourth-order valence-corrected chi connectivity index (χ4v) is 12.3. The number of aromatic nitrogens is 1. The topological polar surface area (TPSA) is 380 Å². The molecule has 10 amide bonds. The molecule has 1 aromatic rings. The van der Waals surface area contributed by atoms with Crippen molar-refractivity contribution in [2.75, 3.05) is 59.4 Å². The number of benzene rings is 2. The standard InChI is InChI=1S/C61H83ClN12O17/c1-25(2)41-57(84)73-20-16-17-34(73)56(83)69(12)23-37(76)71(14)31(10)60(87)90-36(22-62)45(55(82)65-41)68-53(80)39-40(63)49(78)30(9)51-46(39)64-44-33(19-18-28(7)50(44)91-51)52(79)67-43-32(11)89-61(88)47(27(5)6)72(15)38(77)24-70(13)59(86)48-35(75)21-29(8)74(48)58(85)42(26(3)4)66-54(43)81/h18-19,25-27,29,31-32,34-36,41-43,45,47-48,75H,16-17,20-24,63H2,1-15H3,(H,65,82)(H,66,81)(H,67,79)(H,68,80)/t29-,31-,32+,34-,35-,36+,41+,42+,43-,45-,47-,48-/m0/s1. The number of hydrogen-bond donors (Lipinski definition) is 6. The minimum Gasteiger partial charge on any atom is -0.458 e. The van der Waals surface area contributed by atoms with E-state index in [1.807, 2.05) is 0 Å². The number of ether oxygens (including phenoxy) is 2. The molecule has 12 atom stereocenters. The van der Waals surface area contributed by atoms with Crippen LogP contribution in [-0.2, 0) is 57.4 Å². The highest BCUT2D eigenvalue weighted by atomic mass is 35.5. The quantitative estimate of drug-likeness (QED) is 0.0728. The van der Waals surface area contributed by atoms with Gasteiger partial charge in [0.15, 0.2) is 11.3 Å². The molecule has 0 unspecified atom stereocenters. The first-order valence-electron chi connectivity index (χ1n) is 30.2. The Labute approximate surface area is 531 Å². The number of carbonyl (C=O) groups excluding carboxylic acids is 12. The second-order valence-corrected chi connectivity index (χ2v) is 25.5. The highest BCUT2D eigenvalue weighted by molar-refractivity contribution is 6.19. The lowest BCUT2D eigenvalue weighted by atomic mass is 9.98. The molecule has 1 aromatic carbocycles. The van der Waals surface area contributed by atoms with Crippen LogP contribution < -0.4 is 32.4 Å². The predicted octanol–water partition coefficient (Wildman–Crippen LogP) is -0.332. The molecule has 5 heterocycles. The van der Waals surface area contributed by atoms with E-state index in [1.165, 1.54) is 70.9 Å². The number of nitrogens with two attached hydrogens (primary N) is 1. The lowest BCUT2D eigenvalue weighted by Gasteiger charge is -2.37. The van der Waals surface area contributed by atoms with Crippen molar-refractivity contribution in [3.63, 3.8) is 0 Å². The van der Waals surface area contributed by atoms with Gasteiger partial charge in [0.1, 0.15) is 71.8 Å². The summed E-state index contributed by atoms with van der Waals surface area (Å²) in [7, 11) is 5.33. The number of hydrogen-bond acceptors (Lipinski definition) is 19. The molecule has 1 aliphatic carbocycles. The molecule has 5 aliphatic heterocycles. The third-order valence-corrected chi connectivity index (χ3v) is 17.9. The van der Waals surface area contributed by atoms with Crippen LogP contribution in [0, 0.1) is 31.6 Å². The van der Waals surface area contributed by atoms with Crippen LogP contribution in [0.2, 0.25) is 0 Å². The second kappa shape index (κ2) is 28.0. The number of nitrogens with one attached hydrogen (secondary N) is 4. The van der Waals surface area contributed by atoms with Gasteiger partial charge in [-0.1, -0.05) is 47.6 Å². The number of nitrogens with zero attached hydrogens (tertiary/aromatic N) is 7. The van der Waals surface area contributed by atoms with Crippen molar-refractivity contribution in [2.24, 2.45) is 17.8 Å². The maximum Gasteiger partial charge on any atom is 0.329 e. The first-order valence-corrected chi connectivity index (χ1v) is 30.8. The van der Waals surface area contributed by atoms with E-state index in [4.69, 9.17) is 36.2 Å². The van der Waals surface area contributed by atoms with Crippen molar-refractivity contribution in [1.29, 1.82) is 0 Å². The molecule has 4 fully saturated rings. The van der Waals surface area contributed by atoms with E-state index in [-0.39, 0.29) is 47.4 Å². The van der Waals surface area contributed by atoms with Crippen molar-refractivity contribution < 1.29 is 76.5 Å². The molecule has 7 N–H and O–H groups in total. The molecular weight excluding hydrogens is 1210 g/mol. The normalized spacial score (nSPS) is 27.6. The summed E-state index contributed by atoms with van der Waals surface area (Å²) >= 11 is 6.49. The van der Waals surface area contributed by atoms with Gasteiger partial charge in [0.05, 0.1) is 41.9 Å². The molecule has 0 aromatic heterocycles. The minimum atomic E-state index is -2.01. The SMILES string of the molecule is Cc1c2oc3c(C)ccc(C(=O)N[C@@H]4C(=O)N[C@H](C(C)C)C(=O)N5[C@H](C(=O)N(C)CC(=O)N(C)[C@@H](C(C)C)C(=O)O[C@@H]4C)[C@@H](O)C[C@@H]5C)c3nc-2c(C(=O)N[C@@H]2C(=O)N[C@H](C(C)C)C(=O)N3CCC[C@H]3C(=O)N(C)CC(=O)N(C)[C@@H](C)C(=O)O[C@@H]2CCl)c(N)c1=O. The molecule has 0 saturated carbocycles. The lowest BCUT2D eigenvalue weighted by Crippen LogP contribution is -2.62. The van der Waals surface area contributed by atoms with Gasteiger partial charge in [-0.3, -0.25) is 52.7 Å². The number of nitrogen functional groups attached to an aromatic ring is 1. The fraction of sp³-hybridized carbons (Fsp3) is 0.607. The molecule has 496 valence electrons. The number of carbonyl (C=O) groups is 12. The molecular formula is C61H83ClN12O17. The molecule has 0 bridgehead atoms. The molecule has 29 nitrogen and oxygen atoms in total. The van der Waals surface area contributed by atoms with Gasteiger partial charge in [0, 0.05) is 46.3 Å². The molecule has 6 aliphatic rings. The average molecular weight is 1290 g/mol. The monoisotopic (exact) mass is 1290 g/mol. The molecule has 0 spiro atoms. The van der Waals surface area contributed by atoms with Gasteiger partial charge in [0.25, 0.3) is 11.8 Å². The van der Waals surface area contributed by atoms with Crippen molar-refractivity contribution in [1.82, 2.24) is 55.7 Å². The van der Waals surface area contributed by atoms with E-state index in [9.17, 15) is 57.8 Å². The largest absolute Gasteiger partial charge is 0.458 e. The Bertz CT molecular complexity index is 3470. The maximum atomic E-state index is 15.2. The van der Waals surface area contributed by atoms with E-state index < -0.39 is 203 Å². The first kappa shape index (κ1) is 70.0.